The molecule has 39 heavy (non-hydrogen) atoms. The highest BCUT2D eigenvalue weighted by Crippen LogP contribution is 2.40. The smallest absolute Gasteiger partial charge is 0.303 e. The SMILES string of the molecule is CC(=O)O[C@@H]([C@H](/C=N\OC(c1ccccc1)(c1ccccc1)c1ccccc1)OC(C)=O)[C@@H](CBr)OC(C)=O. The van der Waals surface area contributed by atoms with Crippen LogP contribution in [0.5, 0.6) is 0 Å². The van der Waals surface area contributed by atoms with Crippen LogP contribution in [0.15, 0.2) is 96.2 Å². The first-order valence-corrected chi connectivity index (χ1v) is 13.4. The molecule has 0 spiro atoms. The van der Waals surface area contributed by atoms with Gasteiger partial charge in [-0.3, -0.25) is 14.4 Å². The van der Waals surface area contributed by atoms with Crippen LogP contribution in [0.1, 0.15) is 37.5 Å². The highest BCUT2D eigenvalue weighted by Gasteiger charge is 2.40. The number of carbonyl (C=O) groups is 3. The molecule has 0 unspecified atom stereocenters. The van der Waals surface area contributed by atoms with Crippen LogP contribution in [-0.4, -0.2) is 47.8 Å². The van der Waals surface area contributed by atoms with E-state index in [1.54, 1.807) is 0 Å². The fourth-order valence-corrected chi connectivity index (χ4v) is 4.67. The Bertz CT molecular complexity index is 1160. The van der Waals surface area contributed by atoms with Crippen molar-refractivity contribution >= 4 is 40.1 Å². The van der Waals surface area contributed by atoms with Gasteiger partial charge in [-0.25, -0.2) is 0 Å². The van der Waals surface area contributed by atoms with Crippen molar-refractivity contribution in [3.8, 4) is 0 Å². The molecular weight excluding hydrogens is 566 g/mol. The molecule has 9 heteroatoms. The van der Waals surface area contributed by atoms with Crippen molar-refractivity contribution < 1.29 is 33.4 Å². The van der Waals surface area contributed by atoms with E-state index in [4.69, 9.17) is 19.0 Å². The average molecular weight is 596 g/mol. The lowest BCUT2D eigenvalue weighted by atomic mass is 9.80. The van der Waals surface area contributed by atoms with Gasteiger partial charge in [0.15, 0.2) is 18.3 Å². The first kappa shape index (κ1) is 29.6. The topological polar surface area (TPSA) is 100 Å². The second-order valence-corrected chi connectivity index (χ2v) is 9.22. The van der Waals surface area contributed by atoms with E-state index in [0.29, 0.717) is 0 Å². The fraction of sp³-hybridized carbons (Fsp3) is 0.267. The molecule has 3 atom stereocenters. The van der Waals surface area contributed by atoms with E-state index in [2.05, 4.69) is 21.1 Å². The molecule has 0 N–H and O–H groups in total. The number of hydrogen-bond acceptors (Lipinski definition) is 8. The fourth-order valence-electron chi connectivity index (χ4n) is 4.17. The van der Waals surface area contributed by atoms with Gasteiger partial charge in [-0.1, -0.05) is 112 Å². The summed E-state index contributed by atoms with van der Waals surface area (Å²) in [6.07, 6.45) is -2.16. The molecule has 204 valence electrons. The summed E-state index contributed by atoms with van der Waals surface area (Å²) in [7, 11) is 0. The number of ether oxygens (including phenoxy) is 3. The Labute approximate surface area is 236 Å². The van der Waals surface area contributed by atoms with Crippen LogP contribution in [0, 0.1) is 0 Å². The Morgan fingerprint density at radius 1 is 0.718 bits per heavy atom. The zero-order valence-electron chi connectivity index (χ0n) is 21.9. The van der Waals surface area contributed by atoms with Crippen LogP contribution in [0.3, 0.4) is 0 Å². The molecule has 0 amide bonds. The van der Waals surface area contributed by atoms with Crippen LogP contribution in [0.4, 0.5) is 0 Å². The number of hydrogen-bond donors (Lipinski definition) is 0. The van der Waals surface area contributed by atoms with Gasteiger partial charge in [0.2, 0.25) is 5.60 Å². The molecule has 0 heterocycles. The van der Waals surface area contributed by atoms with Crippen LogP contribution in [0.25, 0.3) is 0 Å². The predicted molar refractivity (Wildman–Crippen MR) is 149 cm³/mol. The van der Waals surface area contributed by atoms with Gasteiger partial charge < -0.3 is 19.0 Å². The number of oxime groups is 1. The molecule has 0 saturated carbocycles. The monoisotopic (exact) mass is 595 g/mol. The largest absolute Gasteiger partial charge is 0.458 e. The summed E-state index contributed by atoms with van der Waals surface area (Å²) >= 11 is 3.28. The van der Waals surface area contributed by atoms with Gasteiger partial charge >= 0.3 is 17.9 Å². The Kier molecular flexibility index (Phi) is 10.8. The van der Waals surface area contributed by atoms with Crippen molar-refractivity contribution in [2.75, 3.05) is 5.33 Å². The number of nitrogens with zero attached hydrogens (tertiary/aromatic N) is 1. The Hall–Kier alpha value is -3.98. The van der Waals surface area contributed by atoms with E-state index in [1.807, 2.05) is 91.0 Å². The molecule has 0 aliphatic heterocycles. The number of esters is 3. The number of carbonyl (C=O) groups excluding carboxylic acids is 3. The zero-order valence-corrected chi connectivity index (χ0v) is 23.4. The third-order valence-corrected chi connectivity index (χ3v) is 6.34. The lowest BCUT2D eigenvalue weighted by Crippen LogP contribution is -2.46. The van der Waals surface area contributed by atoms with Gasteiger partial charge in [-0.2, -0.15) is 0 Å². The molecule has 0 fully saturated rings. The summed E-state index contributed by atoms with van der Waals surface area (Å²) in [4.78, 5) is 42.0. The van der Waals surface area contributed by atoms with Gasteiger partial charge in [-0.15, -0.1) is 0 Å². The highest BCUT2D eigenvalue weighted by molar-refractivity contribution is 9.09. The molecular formula is C30H30BrNO7. The van der Waals surface area contributed by atoms with Crippen molar-refractivity contribution in [1.82, 2.24) is 0 Å². The zero-order chi connectivity index (χ0) is 28.3. The summed E-state index contributed by atoms with van der Waals surface area (Å²) in [6.45, 7) is 3.64. The molecule has 3 aromatic carbocycles. The van der Waals surface area contributed by atoms with E-state index < -0.39 is 41.8 Å². The number of alkyl halides is 1. The number of rotatable bonds is 12. The van der Waals surface area contributed by atoms with Crippen LogP contribution >= 0.6 is 15.9 Å². The van der Waals surface area contributed by atoms with Crippen molar-refractivity contribution in [3.05, 3.63) is 108 Å². The minimum atomic E-state index is -1.23. The summed E-state index contributed by atoms with van der Waals surface area (Å²) in [5.41, 5.74) is 1.23. The van der Waals surface area contributed by atoms with E-state index in [9.17, 15) is 14.4 Å². The van der Waals surface area contributed by atoms with Gasteiger partial charge in [0.25, 0.3) is 0 Å². The normalized spacial score (nSPS) is 13.6. The Balaban J connectivity index is 2.12. The molecule has 0 saturated heterocycles. The van der Waals surface area contributed by atoms with Gasteiger partial charge in [0.1, 0.15) is 0 Å². The van der Waals surface area contributed by atoms with Crippen molar-refractivity contribution in [2.24, 2.45) is 5.16 Å². The summed E-state index contributed by atoms with van der Waals surface area (Å²) < 4.78 is 16.2. The Morgan fingerprint density at radius 2 is 1.13 bits per heavy atom. The number of benzene rings is 3. The Morgan fingerprint density at radius 3 is 1.49 bits per heavy atom. The quantitative estimate of drug-likeness (QED) is 0.0710. The van der Waals surface area contributed by atoms with Gasteiger partial charge in [0.05, 0.1) is 6.21 Å². The molecule has 0 bridgehead atoms. The maximum Gasteiger partial charge on any atom is 0.303 e. The van der Waals surface area contributed by atoms with Crippen LogP contribution < -0.4 is 0 Å². The maximum absolute atomic E-state index is 12.0. The number of halogens is 1. The molecule has 8 nitrogen and oxygen atoms in total. The van der Waals surface area contributed by atoms with Crippen molar-refractivity contribution in [1.29, 1.82) is 0 Å². The minimum Gasteiger partial charge on any atom is -0.458 e. The van der Waals surface area contributed by atoms with Crippen molar-refractivity contribution in [2.45, 2.75) is 44.7 Å². The van der Waals surface area contributed by atoms with Crippen LogP contribution in [0.2, 0.25) is 0 Å². The molecule has 0 aromatic heterocycles. The van der Waals surface area contributed by atoms with E-state index in [-0.39, 0.29) is 5.33 Å². The molecule has 0 aliphatic carbocycles. The van der Waals surface area contributed by atoms with E-state index >= 15 is 0 Å². The van der Waals surface area contributed by atoms with E-state index in [0.717, 1.165) is 16.7 Å². The van der Waals surface area contributed by atoms with Crippen LogP contribution in [-0.2, 0) is 39.0 Å². The summed E-state index contributed by atoms with van der Waals surface area (Å²) in [6, 6.07) is 28.7. The standard InChI is InChI=1S/C30H30BrNO7/c1-21(33)36-27(19-31)29(38-23(3)35)28(37-22(2)34)20-32-39-30(24-13-7-4-8-14-24,25-15-9-5-10-16-25)26-17-11-6-12-18-26/h4-18,20,27-29H,19H2,1-3H3/b32-20-/t27-,28+,29-/m1/s1. The average Bonchev–Trinajstić information content (AvgIpc) is 2.93. The summed E-state index contributed by atoms with van der Waals surface area (Å²) in [5.74, 6) is -1.90. The minimum absolute atomic E-state index is 0.110. The van der Waals surface area contributed by atoms with E-state index in [1.165, 1.54) is 27.0 Å². The first-order chi connectivity index (χ1) is 18.8. The predicted octanol–water partition coefficient (Wildman–Crippen LogP) is 5.17. The molecule has 3 rings (SSSR count). The second kappa shape index (κ2) is 14.2. The summed E-state index contributed by atoms with van der Waals surface area (Å²) in [5, 5.41) is 4.41. The third kappa shape index (κ3) is 7.77. The molecule has 0 radical (unpaired) electrons. The van der Waals surface area contributed by atoms with Gasteiger partial charge in [0, 0.05) is 42.8 Å². The first-order valence-electron chi connectivity index (χ1n) is 12.2. The van der Waals surface area contributed by atoms with Gasteiger partial charge in [-0.05, 0) is 0 Å². The lowest BCUT2D eigenvalue weighted by Gasteiger charge is -2.33. The molecule has 3 aromatic rings. The second-order valence-electron chi connectivity index (χ2n) is 8.58. The maximum atomic E-state index is 12.0. The highest BCUT2D eigenvalue weighted by atomic mass is 79.9. The molecule has 0 aliphatic rings. The third-order valence-electron chi connectivity index (χ3n) is 5.70. The van der Waals surface area contributed by atoms with Crippen molar-refractivity contribution in [3.63, 3.8) is 0 Å². The lowest BCUT2D eigenvalue weighted by molar-refractivity contribution is -0.175.